The molecule has 1 N–H and O–H groups in total. The van der Waals surface area contributed by atoms with Crippen molar-refractivity contribution in [2.24, 2.45) is 5.92 Å². The minimum atomic E-state index is -0.631. The summed E-state index contributed by atoms with van der Waals surface area (Å²) < 4.78 is 11.9. The summed E-state index contributed by atoms with van der Waals surface area (Å²) in [5, 5.41) is 9.24. The summed E-state index contributed by atoms with van der Waals surface area (Å²) in [7, 11) is 3.65. The zero-order chi connectivity index (χ0) is 36.8. The number of piperidine rings is 1. The van der Waals surface area contributed by atoms with E-state index in [0.717, 1.165) is 73.1 Å². The van der Waals surface area contributed by atoms with E-state index in [1.807, 2.05) is 84.4 Å². The van der Waals surface area contributed by atoms with Gasteiger partial charge in [-0.1, -0.05) is 42.8 Å². The normalized spacial score (nSPS) is 19.2. The topological polar surface area (TPSA) is 99.6 Å². The van der Waals surface area contributed by atoms with E-state index in [0.29, 0.717) is 22.6 Å². The lowest BCUT2D eigenvalue weighted by atomic mass is 9.86. The van der Waals surface area contributed by atoms with Crippen LogP contribution in [0.5, 0.6) is 11.5 Å². The van der Waals surface area contributed by atoms with E-state index < -0.39 is 5.97 Å². The Kier molecular flexibility index (Phi) is 12.7. The summed E-state index contributed by atoms with van der Waals surface area (Å²) in [4.78, 5) is 42.8. The first-order chi connectivity index (χ1) is 24.4. The van der Waals surface area contributed by atoms with E-state index in [2.05, 4.69) is 18.7 Å². The zero-order valence-corrected chi connectivity index (χ0v) is 31.5. The average Bonchev–Trinajstić information content (AvgIpc) is 3.09. The minimum Gasteiger partial charge on any atom is -0.493 e. The van der Waals surface area contributed by atoms with Crippen molar-refractivity contribution in [3.63, 3.8) is 0 Å². The molecule has 2 aliphatic heterocycles. The van der Waals surface area contributed by atoms with E-state index >= 15 is 0 Å². The number of carbonyl (C=O) groups excluding carboxylic acids is 2. The fourth-order valence-corrected chi connectivity index (χ4v) is 7.34. The maximum atomic E-state index is 13.8. The molecule has 0 radical (unpaired) electrons. The second-order valence-electron chi connectivity index (χ2n) is 14.1. The van der Waals surface area contributed by atoms with Crippen LogP contribution >= 0.6 is 11.6 Å². The van der Waals surface area contributed by atoms with Crippen LogP contribution in [0, 0.1) is 5.92 Å². The van der Waals surface area contributed by atoms with Crippen LogP contribution in [0.4, 0.5) is 5.69 Å². The van der Waals surface area contributed by atoms with Crippen LogP contribution in [0.3, 0.4) is 0 Å². The quantitative estimate of drug-likeness (QED) is 0.226. The SMILES string of the molecule is CC[C@@H](C)Oc1cc2c(cc1OC)CC(=O)N(c1ccc(C(C)N(C(C)=O)C3CCC3)cc1)C2c1ccc(Cl)cc1.CN1CCC(C(=O)O)CC1. The molecule has 2 fully saturated rings. The number of carbonyl (C=O) groups is 3. The Hall–Kier alpha value is -4.08. The summed E-state index contributed by atoms with van der Waals surface area (Å²) in [6, 6.07) is 19.6. The third-order valence-corrected chi connectivity index (χ3v) is 10.9. The number of hydrogen-bond donors (Lipinski definition) is 1. The molecular formula is C41H52ClN3O6. The van der Waals surface area contributed by atoms with Crippen LogP contribution in [0.25, 0.3) is 0 Å². The molecule has 10 heteroatoms. The molecule has 6 rings (SSSR count). The number of likely N-dealkylation sites (tertiary alicyclic amines) is 1. The highest BCUT2D eigenvalue weighted by atomic mass is 35.5. The fraction of sp³-hybridized carbons (Fsp3) is 0.488. The molecule has 9 nitrogen and oxygen atoms in total. The number of fused-ring (bicyclic) bond motifs is 1. The van der Waals surface area contributed by atoms with Crippen molar-refractivity contribution >= 4 is 35.1 Å². The third kappa shape index (κ3) is 8.87. The number of carboxylic acids is 1. The predicted octanol–water partition coefficient (Wildman–Crippen LogP) is 8.08. The van der Waals surface area contributed by atoms with Crippen LogP contribution in [-0.4, -0.2) is 72.1 Å². The smallest absolute Gasteiger partial charge is 0.306 e. The number of amides is 2. The molecule has 3 aliphatic rings. The Morgan fingerprint density at radius 2 is 1.63 bits per heavy atom. The average molecular weight is 718 g/mol. The van der Waals surface area contributed by atoms with Gasteiger partial charge in [-0.3, -0.25) is 14.4 Å². The summed E-state index contributed by atoms with van der Waals surface area (Å²) in [5.41, 5.74) is 4.72. The number of anilines is 1. The van der Waals surface area contributed by atoms with E-state index in [1.54, 1.807) is 14.0 Å². The molecular weight excluding hydrogens is 666 g/mol. The summed E-state index contributed by atoms with van der Waals surface area (Å²) in [6.07, 6.45) is 6.02. The van der Waals surface area contributed by atoms with Crippen molar-refractivity contribution in [1.82, 2.24) is 9.80 Å². The maximum Gasteiger partial charge on any atom is 0.306 e. The van der Waals surface area contributed by atoms with E-state index in [9.17, 15) is 14.4 Å². The highest BCUT2D eigenvalue weighted by molar-refractivity contribution is 6.30. The number of carboxylic acid groups (broad SMARTS) is 1. The first-order valence-corrected chi connectivity index (χ1v) is 18.5. The summed E-state index contributed by atoms with van der Waals surface area (Å²) in [6.45, 7) is 9.70. The number of nitrogens with zero attached hydrogens (tertiary/aromatic N) is 3. The summed E-state index contributed by atoms with van der Waals surface area (Å²) in [5.74, 6) is 0.668. The van der Waals surface area contributed by atoms with Crippen molar-refractivity contribution in [2.75, 3.05) is 32.1 Å². The highest BCUT2D eigenvalue weighted by Crippen LogP contribution is 2.44. The monoisotopic (exact) mass is 717 g/mol. The lowest BCUT2D eigenvalue weighted by molar-refractivity contribution is -0.143. The molecule has 2 amide bonds. The molecule has 3 atom stereocenters. The van der Waals surface area contributed by atoms with Gasteiger partial charge in [0.05, 0.1) is 37.6 Å². The largest absolute Gasteiger partial charge is 0.493 e. The number of rotatable bonds is 10. The number of methoxy groups -OCH3 is 1. The van der Waals surface area contributed by atoms with Crippen molar-refractivity contribution < 1.29 is 29.0 Å². The summed E-state index contributed by atoms with van der Waals surface area (Å²) >= 11 is 6.26. The third-order valence-electron chi connectivity index (χ3n) is 10.6. The number of aliphatic carboxylic acids is 1. The van der Waals surface area contributed by atoms with Gasteiger partial charge in [-0.2, -0.15) is 0 Å². The predicted molar refractivity (Wildman–Crippen MR) is 201 cm³/mol. The van der Waals surface area contributed by atoms with E-state index in [4.69, 9.17) is 26.2 Å². The molecule has 0 spiro atoms. The first kappa shape index (κ1) is 38.2. The molecule has 2 heterocycles. The Balaban J connectivity index is 0.000000435. The van der Waals surface area contributed by atoms with E-state index in [1.165, 1.54) is 6.42 Å². The molecule has 274 valence electrons. The van der Waals surface area contributed by atoms with Crippen LogP contribution in [0.2, 0.25) is 5.02 Å². The van der Waals surface area contributed by atoms with Gasteiger partial charge in [0.15, 0.2) is 11.5 Å². The molecule has 51 heavy (non-hydrogen) atoms. The highest BCUT2D eigenvalue weighted by Gasteiger charge is 2.37. The molecule has 3 aromatic rings. The molecule has 0 aromatic heterocycles. The van der Waals surface area contributed by atoms with Crippen molar-refractivity contribution in [3.8, 4) is 11.5 Å². The van der Waals surface area contributed by atoms with Gasteiger partial charge < -0.3 is 29.3 Å². The molecule has 1 saturated carbocycles. The Morgan fingerprint density at radius 1 is 0.980 bits per heavy atom. The number of benzene rings is 3. The van der Waals surface area contributed by atoms with Crippen molar-refractivity contribution in [2.45, 2.75) is 96.9 Å². The van der Waals surface area contributed by atoms with Crippen LogP contribution < -0.4 is 14.4 Å². The van der Waals surface area contributed by atoms with Gasteiger partial charge in [-0.25, -0.2) is 0 Å². The standard InChI is InChI=1S/C34H39ClN2O4.C7H13NO2/c1-6-21(2)41-32-20-30-26(18-31(32)40-5)19-33(39)37(34(30)25-10-14-27(35)15-11-25)29-16-12-24(13-17-29)22(3)36(23(4)38)28-8-7-9-28;1-8-4-2-6(3-5-8)7(9)10/h10-18,20-22,28,34H,6-9,19H2,1-5H3;6H,2-5H2,1H3,(H,9,10)/t21-,22?,34?;/m1./s1. The van der Waals surface area contributed by atoms with Gasteiger partial charge in [0.25, 0.3) is 0 Å². The van der Waals surface area contributed by atoms with Gasteiger partial charge in [0, 0.05) is 23.7 Å². The fourth-order valence-electron chi connectivity index (χ4n) is 7.22. The van der Waals surface area contributed by atoms with Crippen molar-refractivity contribution in [3.05, 3.63) is 87.9 Å². The number of ether oxygens (including phenoxy) is 2. The number of halogens is 1. The lowest BCUT2D eigenvalue weighted by Crippen LogP contribution is -2.44. The number of hydrogen-bond acceptors (Lipinski definition) is 6. The van der Waals surface area contributed by atoms with Crippen LogP contribution in [0.1, 0.15) is 101 Å². The van der Waals surface area contributed by atoms with Gasteiger partial charge in [0.2, 0.25) is 11.8 Å². The van der Waals surface area contributed by atoms with E-state index in [-0.39, 0.29) is 42.3 Å². The van der Waals surface area contributed by atoms with Crippen molar-refractivity contribution in [1.29, 1.82) is 0 Å². The second-order valence-corrected chi connectivity index (χ2v) is 14.6. The maximum absolute atomic E-state index is 13.8. The second kappa shape index (κ2) is 17.0. The molecule has 2 unspecified atom stereocenters. The molecule has 1 saturated heterocycles. The Labute approximate surface area is 307 Å². The lowest BCUT2D eigenvalue weighted by Gasteiger charge is -2.41. The molecule has 3 aromatic carbocycles. The Morgan fingerprint density at radius 3 is 2.16 bits per heavy atom. The van der Waals surface area contributed by atoms with Gasteiger partial charge in [-0.15, -0.1) is 0 Å². The van der Waals surface area contributed by atoms with Crippen LogP contribution in [-0.2, 0) is 20.8 Å². The van der Waals surface area contributed by atoms with Gasteiger partial charge in [-0.05, 0) is 131 Å². The molecule has 0 bridgehead atoms. The molecule has 1 aliphatic carbocycles. The zero-order valence-electron chi connectivity index (χ0n) is 30.7. The van der Waals surface area contributed by atoms with Gasteiger partial charge >= 0.3 is 5.97 Å². The first-order valence-electron chi connectivity index (χ1n) is 18.2. The van der Waals surface area contributed by atoms with Gasteiger partial charge in [0.1, 0.15) is 0 Å². The minimum absolute atomic E-state index is 0.00396. The Bertz CT molecular complexity index is 1670. The van der Waals surface area contributed by atoms with Crippen LogP contribution in [0.15, 0.2) is 60.7 Å².